The molecule has 5 nitrogen and oxygen atoms in total. The fourth-order valence-electron chi connectivity index (χ4n) is 1.31. The van der Waals surface area contributed by atoms with Crippen molar-refractivity contribution in [1.82, 2.24) is 10.5 Å². The minimum atomic E-state index is -0.206. The molecule has 2 rings (SSSR count). The molecule has 1 amide bonds. The highest BCUT2D eigenvalue weighted by atomic mass is 16.5. The zero-order chi connectivity index (χ0) is 10.7. The van der Waals surface area contributed by atoms with Crippen LogP contribution in [0.3, 0.4) is 0 Å². The third-order valence-electron chi connectivity index (χ3n) is 2.33. The first-order valence-corrected chi connectivity index (χ1v) is 5.05. The van der Waals surface area contributed by atoms with Gasteiger partial charge in [-0.1, -0.05) is 5.16 Å². The number of hydrogen-bond donors (Lipinski definition) is 1. The molecular formula is C10H14N2O3. The van der Waals surface area contributed by atoms with Crippen LogP contribution in [0.5, 0.6) is 0 Å². The smallest absolute Gasteiger partial charge is 0.273 e. The van der Waals surface area contributed by atoms with Gasteiger partial charge in [0.05, 0.1) is 6.61 Å². The van der Waals surface area contributed by atoms with Crippen LogP contribution in [0.1, 0.15) is 35.0 Å². The monoisotopic (exact) mass is 210 g/mol. The van der Waals surface area contributed by atoms with E-state index in [0.717, 1.165) is 18.6 Å². The highest BCUT2D eigenvalue weighted by Gasteiger charge is 2.28. The second-order valence-electron chi connectivity index (χ2n) is 3.64. The second-order valence-corrected chi connectivity index (χ2v) is 3.64. The molecule has 0 bridgehead atoms. The molecule has 15 heavy (non-hydrogen) atoms. The van der Waals surface area contributed by atoms with Crippen molar-refractivity contribution < 1.29 is 14.1 Å². The van der Waals surface area contributed by atoms with Crippen LogP contribution in [0, 0.1) is 0 Å². The van der Waals surface area contributed by atoms with Crippen LogP contribution < -0.4 is 5.32 Å². The van der Waals surface area contributed by atoms with Gasteiger partial charge in [0.15, 0.2) is 5.69 Å². The van der Waals surface area contributed by atoms with Gasteiger partial charge >= 0.3 is 0 Å². The zero-order valence-corrected chi connectivity index (χ0v) is 8.66. The van der Waals surface area contributed by atoms with E-state index in [1.165, 1.54) is 0 Å². The summed E-state index contributed by atoms with van der Waals surface area (Å²) in [6, 6.07) is 1.72. The standard InChI is InChI=1S/C10H14N2O3/c1-14-5-4-11-10(13)8-6-9(15-12-8)7-2-3-7/h6-7H,2-5H2,1H3,(H,11,13). The molecule has 0 aromatic carbocycles. The van der Waals surface area contributed by atoms with E-state index in [0.29, 0.717) is 24.8 Å². The molecule has 1 heterocycles. The Kier molecular flexibility index (Phi) is 3.01. The summed E-state index contributed by atoms with van der Waals surface area (Å²) in [5, 5.41) is 6.41. The van der Waals surface area contributed by atoms with Crippen LogP contribution in [-0.2, 0) is 4.74 Å². The molecule has 0 spiro atoms. The van der Waals surface area contributed by atoms with Gasteiger partial charge in [-0.3, -0.25) is 4.79 Å². The molecule has 1 fully saturated rings. The fraction of sp³-hybridized carbons (Fsp3) is 0.600. The zero-order valence-electron chi connectivity index (χ0n) is 8.66. The van der Waals surface area contributed by atoms with Crippen molar-refractivity contribution in [3.05, 3.63) is 17.5 Å². The quantitative estimate of drug-likeness (QED) is 0.734. The molecule has 0 aliphatic heterocycles. The Balaban J connectivity index is 1.87. The molecule has 1 N–H and O–H groups in total. The summed E-state index contributed by atoms with van der Waals surface area (Å²) in [6.07, 6.45) is 2.28. The van der Waals surface area contributed by atoms with Gasteiger partial charge in [-0.05, 0) is 12.8 Å². The van der Waals surface area contributed by atoms with E-state index >= 15 is 0 Å². The van der Waals surface area contributed by atoms with Crippen molar-refractivity contribution in [2.45, 2.75) is 18.8 Å². The molecule has 1 aliphatic rings. The lowest BCUT2D eigenvalue weighted by atomic mass is 10.3. The summed E-state index contributed by atoms with van der Waals surface area (Å²) in [6.45, 7) is 0.986. The highest BCUT2D eigenvalue weighted by Crippen LogP contribution is 2.40. The molecule has 5 heteroatoms. The van der Waals surface area contributed by atoms with Gasteiger partial charge in [-0.2, -0.15) is 0 Å². The third kappa shape index (κ3) is 2.56. The fourth-order valence-corrected chi connectivity index (χ4v) is 1.31. The van der Waals surface area contributed by atoms with E-state index < -0.39 is 0 Å². The number of amides is 1. The Labute approximate surface area is 87.8 Å². The maximum Gasteiger partial charge on any atom is 0.273 e. The number of rotatable bonds is 5. The lowest BCUT2D eigenvalue weighted by molar-refractivity contribution is 0.0928. The first kappa shape index (κ1) is 10.2. The van der Waals surface area contributed by atoms with E-state index in [1.807, 2.05) is 0 Å². The number of hydrogen-bond acceptors (Lipinski definition) is 4. The molecule has 82 valence electrons. The highest BCUT2D eigenvalue weighted by molar-refractivity contribution is 5.92. The topological polar surface area (TPSA) is 64.4 Å². The number of ether oxygens (including phenoxy) is 1. The number of nitrogens with zero attached hydrogens (tertiary/aromatic N) is 1. The van der Waals surface area contributed by atoms with E-state index in [1.54, 1.807) is 13.2 Å². The molecule has 1 aliphatic carbocycles. The molecule has 1 aromatic heterocycles. The third-order valence-corrected chi connectivity index (χ3v) is 2.33. The number of carbonyl (C=O) groups excluding carboxylic acids is 1. The Morgan fingerprint density at radius 3 is 3.20 bits per heavy atom. The lowest BCUT2D eigenvalue weighted by Gasteiger charge is -1.99. The summed E-state index contributed by atoms with van der Waals surface area (Å²) < 4.78 is 9.90. The summed E-state index contributed by atoms with van der Waals surface area (Å²) >= 11 is 0. The van der Waals surface area contributed by atoms with Crippen LogP contribution in [0.25, 0.3) is 0 Å². The average Bonchev–Trinajstić information content (AvgIpc) is 2.97. The molecule has 0 atom stereocenters. The SMILES string of the molecule is COCCNC(=O)c1cc(C2CC2)on1. The first-order chi connectivity index (χ1) is 7.31. The summed E-state index contributed by atoms with van der Waals surface area (Å²) in [5.41, 5.74) is 0.355. The maximum atomic E-state index is 11.5. The van der Waals surface area contributed by atoms with Gasteiger partial charge in [0.2, 0.25) is 0 Å². The van der Waals surface area contributed by atoms with Crippen LogP contribution in [-0.4, -0.2) is 31.3 Å². The van der Waals surface area contributed by atoms with Crippen molar-refractivity contribution >= 4 is 5.91 Å². The van der Waals surface area contributed by atoms with Crippen molar-refractivity contribution in [1.29, 1.82) is 0 Å². The molecule has 1 aromatic rings. The lowest BCUT2D eigenvalue weighted by Crippen LogP contribution is -2.27. The van der Waals surface area contributed by atoms with Gasteiger partial charge in [-0.15, -0.1) is 0 Å². The van der Waals surface area contributed by atoms with E-state index in [2.05, 4.69) is 10.5 Å². The normalized spacial score (nSPS) is 15.3. The Morgan fingerprint density at radius 1 is 1.73 bits per heavy atom. The van der Waals surface area contributed by atoms with Gasteiger partial charge < -0.3 is 14.6 Å². The van der Waals surface area contributed by atoms with Crippen molar-refractivity contribution in [3.8, 4) is 0 Å². The summed E-state index contributed by atoms with van der Waals surface area (Å²) in [7, 11) is 1.59. The number of carbonyl (C=O) groups is 1. The van der Waals surface area contributed by atoms with Crippen LogP contribution in [0.4, 0.5) is 0 Å². The van der Waals surface area contributed by atoms with Gasteiger partial charge in [0.1, 0.15) is 5.76 Å². The van der Waals surface area contributed by atoms with Crippen molar-refractivity contribution in [2.75, 3.05) is 20.3 Å². The molecule has 1 saturated carbocycles. The molecule has 0 unspecified atom stereocenters. The Morgan fingerprint density at radius 2 is 2.53 bits per heavy atom. The van der Waals surface area contributed by atoms with Gasteiger partial charge in [-0.25, -0.2) is 0 Å². The van der Waals surface area contributed by atoms with Crippen LogP contribution in [0.2, 0.25) is 0 Å². The number of methoxy groups -OCH3 is 1. The average molecular weight is 210 g/mol. The van der Waals surface area contributed by atoms with Crippen molar-refractivity contribution in [2.24, 2.45) is 0 Å². The largest absolute Gasteiger partial charge is 0.383 e. The van der Waals surface area contributed by atoms with Gasteiger partial charge in [0.25, 0.3) is 5.91 Å². The van der Waals surface area contributed by atoms with E-state index in [-0.39, 0.29) is 5.91 Å². The first-order valence-electron chi connectivity index (χ1n) is 5.05. The minimum Gasteiger partial charge on any atom is -0.383 e. The van der Waals surface area contributed by atoms with Crippen LogP contribution in [0.15, 0.2) is 10.6 Å². The predicted molar refractivity (Wildman–Crippen MR) is 52.7 cm³/mol. The predicted octanol–water partition coefficient (Wildman–Crippen LogP) is 0.928. The Hall–Kier alpha value is -1.36. The number of nitrogens with one attached hydrogen (secondary N) is 1. The minimum absolute atomic E-state index is 0.206. The second kappa shape index (κ2) is 4.44. The molecule has 0 saturated heterocycles. The van der Waals surface area contributed by atoms with Crippen LogP contribution >= 0.6 is 0 Å². The molecular weight excluding hydrogens is 196 g/mol. The molecule has 0 radical (unpaired) electrons. The van der Waals surface area contributed by atoms with Crippen molar-refractivity contribution in [3.63, 3.8) is 0 Å². The summed E-state index contributed by atoms with van der Waals surface area (Å²) in [5.74, 6) is 1.10. The Bertz CT molecular complexity index is 344. The summed E-state index contributed by atoms with van der Waals surface area (Å²) in [4.78, 5) is 11.5. The maximum absolute atomic E-state index is 11.5. The van der Waals surface area contributed by atoms with E-state index in [4.69, 9.17) is 9.26 Å². The van der Waals surface area contributed by atoms with Gasteiger partial charge in [0, 0.05) is 25.6 Å². The van der Waals surface area contributed by atoms with E-state index in [9.17, 15) is 4.79 Å². The number of aromatic nitrogens is 1.